The number of nitrogens with zero attached hydrogens (tertiary/aromatic N) is 2. The number of aromatic nitrogens is 1. The number of rotatable bonds is 3. The fourth-order valence-corrected chi connectivity index (χ4v) is 4.07. The minimum absolute atomic E-state index is 0.0168. The molecule has 4 rings (SSSR count). The van der Waals surface area contributed by atoms with Gasteiger partial charge in [-0.2, -0.15) is 0 Å². The maximum atomic E-state index is 12.5. The van der Waals surface area contributed by atoms with Gasteiger partial charge in [0, 0.05) is 12.6 Å². The van der Waals surface area contributed by atoms with Gasteiger partial charge in [-0.15, -0.1) is 11.3 Å². The minimum atomic E-state index is 0.0168. The smallest absolute Gasteiger partial charge is 0.247 e. The predicted octanol–water partition coefficient (Wildman–Crippen LogP) is 4.27. The lowest BCUT2D eigenvalue weighted by atomic mass is 10.2. The number of carbonyl (C=O) groups excluding carboxylic acids is 1. The highest BCUT2D eigenvalue weighted by Crippen LogP contribution is 2.36. The van der Waals surface area contributed by atoms with Crippen molar-refractivity contribution in [2.75, 3.05) is 6.54 Å². The number of amides is 1. The molecule has 0 radical (unpaired) electrons. The summed E-state index contributed by atoms with van der Waals surface area (Å²) in [6.45, 7) is 0.780. The molecule has 116 valence electrons. The summed E-state index contributed by atoms with van der Waals surface area (Å²) in [7, 11) is 0. The maximum Gasteiger partial charge on any atom is 0.247 e. The number of hydrogen-bond donors (Lipinski definition) is 0. The Hall–Kier alpha value is -2.40. The molecule has 3 aromatic rings. The SMILES string of the molecule is O=C(/C=C/c1ccco1)N1CCC[C@@H]1c1nc2ccccc2s1. The highest BCUT2D eigenvalue weighted by Gasteiger charge is 2.31. The molecule has 1 atom stereocenters. The largest absolute Gasteiger partial charge is 0.465 e. The van der Waals surface area contributed by atoms with Crippen LogP contribution in [0.5, 0.6) is 0 Å². The predicted molar refractivity (Wildman–Crippen MR) is 91.1 cm³/mol. The summed E-state index contributed by atoms with van der Waals surface area (Å²) in [6, 6.07) is 11.8. The van der Waals surface area contributed by atoms with Gasteiger partial charge in [-0.25, -0.2) is 4.98 Å². The summed E-state index contributed by atoms with van der Waals surface area (Å²) in [5.74, 6) is 0.706. The van der Waals surface area contributed by atoms with Gasteiger partial charge in [-0.1, -0.05) is 12.1 Å². The first-order valence-corrected chi connectivity index (χ1v) is 8.50. The molecule has 3 heterocycles. The van der Waals surface area contributed by atoms with E-state index in [0.717, 1.165) is 29.9 Å². The van der Waals surface area contributed by atoms with Gasteiger partial charge in [0.25, 0.3) is 0 Å². The molecule has 1 aromatic carbocycles. The van der Waals surface area contributed by atoms with Gasteiger partial charge in [0.15, 0.2) is 0 Å². The molecule has 5 heteroatoms. The zero-order valence-electron chi connectivity index (χ0n) is 12.5. The molecule has 2 aromatic heterocycles. The van der Waals surface area contributed by atoms with E-state index in [4.69, 9.17) is 9.40 Å². The summed E-state index contributed by atoms with van der Waals surface area (Å²) in [6.07, 6.45) is 6.89. The third-order valence-electron chi connectivity index (χ3n) is 4.06. The van der Waals surface area contributed by atoms with E-state index < -0.39 is 0 Å². The monoisotopic (exact) mass is 324 g/mol. The number of likely N-dealkylation sites (tertiary alicyclic amines) is 1. The van der Waals surface area contributed by atoms with Gasteiger partial charge in [0.2, 0.25) is 5.91 Å². The first kappa shape index (κ1) is 14.2. The molecule has 1 aliphatic rings. The van der Waals surface area contributed by atoms with Crippen LogP contribution in [0.15, 0.2) is 53.2 Å². The number of para-hydroxylation sites is 1. The summed E-state index contributed by atoms with van der Waals surface area (Å²) in [5.41, 5.74) is 1.01. The van der Waals surface area contributed by atoms with E-state index in [1.807, 2.05) is 35.2 Å². The summed E-state index contributed by atoms with van der Waals surface area (Å²) >= 11 is 1.68. The molecule has 1 aliphatic heterocycles. The Morgan fingerprint density at radius 2 is 2.22 bits per heavy atom. The summed E-state index contributed by atoms with van der Waals surface area (Å²) < 4.78 is 6.40. The maximum absolute atomic E-state index is 12.5. The standard InChI is InChI=1S/C18H16N2O2S/c21-17(10-9-13-5-4-12-22-13)20-11-3-7-15(20)18-19-14-6-1-2-8-16(14)23-18/h1-2,4-6,8-10,12,15H,3,7,11H2/b10-9+/t15-/m1/s1. The lowest BCUT2D eigenvalue weighted by Crippen LogP contribution is -2.28. The van der Waals surface area contributed by atoms with Crippen LogP contribution in [-0.2, 0) is 4.79 Å². The number of carbonyl (C=O) groups is 1. The van der Waals surface area contributed by atoms with Crippen molar-refractivity contribution in [3.05, 3.63) is 59.5 Å². The van der Waals surface area contributed by atoms with Gasteiger partial charge in [0.05, 0.1) is 22.5 Å². The van der Waals surface area contributed by atoms with E-state index in [1.165, 1.54) is 4.70 Å². The number of thiazole rings is 1. The van der Waals surface area contributed by atoms with Crippen LogP contribution in [0.4, 0.5) is 0 Å². The van der Waals surface area contributed by atoms with Crippen molar-refractivity contribution in [3.63, 3.8) is 0 Å². The Morgan fingerprint density at radius 1 is 1.30 bits per heavy atom. The van der Waals surface area contributed by atoms with Crippen LogP contribution >= 0.6 is 11.3 Å². The van der Waals surface area contributed by atoms with Gasteiger partial charge < -0.3 is 9.32 Å². The molecule has 0 unspecified atom stereocenters. The topological polar surface area (TPSA) is 46.3 Å². The fraction of sp³-hybridized carbons (Fsp3) is 0.222. The van der Waals surface area contributed by atoms with Crippen LogP contribution in [0.25, 0.3) is 16.3 Å². The average molecular weight is 324 g/mol. The van der Waals surface area contributed by atoms with E-state index in [2.05, 4.69) is 6.07 Å². The van der Waals surface area contributed by atoms with E-state index in [9.17, 15) is 4.79 Å². The van der Waals surface area contributed by atoms with Crippen molar-refractivity contribution in [1.82, 2.24) is 9.88 Å². The molecule has 1 saturated heterocycles. The lowest BCUT2D eigenvalue weighted by Gasteiger charge is -2.21. The van der Waals surface area contributed by atoms with Crippen LogP contribution in [0.1, 0.15) is 29.7 Å². The first-order chi connectivity index (χ1) is 11.3. The van der Waals surface area contributed by atoms with Gasteiger partial charge in [0.1, 0.15) is 10.8 Å². The molecule has 23 heavy (non-hydrogen) atoms. The number of hydrogen-bond acceptors (Lipinski definition) is 4. The molecule has 4 nitrogen and oxygen atoms in total. The molecule has 0 N–H and O–H groups in total. The van der Waals surface area contributed by atoms with E-state index in [-0.39, 0.29) is 11.9 Å². The zero-order chi connectivity index (χ0) is 15.6. The van der Waals surface area contributed by atoms with Crippen LogP contribution in [0, 0.1) is 0 Å². The van der Waals surface area contributed by atoms with Crippen molar-refractivity contribution < 1.29 is 9.21 Å². The van der Waals surface area contributed by atoms with Crippen LogP contribution < -0.4 is 0 Å². The highest BCUT2D eigenvalue weighted by atomic mass is 32.1. The first-order valence-electron chi connectivity index (χ1n) is 7.69. The summed E-state index contributed by atoms with van der Waals surface area (Å²) in [5, 5.41) is 1.03. The second kappa shape index (κ2) is 6.01. The van der Waals surface area contributed by atoms with E-state index in [0.29, 0.717) is 5.76 Å². The Kier molecular flexibility index (Phi) is 3.71. The average Bonchev–Trinajstić information content (AvgIpc) is 3.31. The van der Waals surface area contributed by atoms with E-state index in [1.54, 1.807) is 29.8 Å². The van der Waals surface area contributed by atoms with Crippen molar-refractivity contribution in [1.29, 1.82) is 0 Å². The molecule has 1 amide bonds. The van der Waals surface area contributed by atoms with Crippen molar-refractivity contribution >= 4 is 33.5 Å². The van der Waals surface area contributed by atoms with Gasteiger partial charge >= 0.3 is 0 Å². The third-order valence-corrected chi connectivity index (χ3v) is 5.20. The molecule has 0 bridgehead atoms. The van der Waals surface area contributed by atoms with Crippen LogP contribution in [0.3, 0.4) is 0 Å². The molecule has 0 saturated carbocycles. The zero-order valence-corrected chi connectivity index (χ0v) is 13.3. The normalized spacial score (nSPS) is 18.3. The van der Waals surface area contributed by atoms with Crippen molar-refractivity contribution in [2.45, 2.75) is 18.9 Å². The van der Waals surface area contributed by atoms with Crippen LogP contribution in [-0.4, -0.2) is 22.3 Å². The highest BCUT2D eigenvalue weighted by molar-refractivity contribution is 7.18. The lowest BCUT2D eigenvalue weighted by molar-refractivity contribution is -0.126. The Morgan fingerprint density at radius 3 is 3.04 bits per heavy atom. The summed E-state index contributed by atoms with van der Waals surface area (Å²) in [4.78, 5) is 19.1. The second-order valence-electron chi connectivity index (χ2n) is 5.56. The van der Waals surface area contributed by atoms with Crippen molar-refractivity contribution in [2.24, 2.45) is 0 Å². The number of fused-ring (bicyclic) bond motifs is 1. The minimum Gasteiger partial charge on any atom is -0.465 e. The molecule has 0 aliphatic carbocycles. The Bertz CT molecular complexity index is 818. The second-order valence-corrected chi connectivity index (χ2v) is 6.62. The number of furan rings is 1. The molecule has 1 fully saturated rings. The Labute approximate surface area is 138 Å². The van der Waals surface area contributed by atoms with Crippen LogP contribution in [0.2, 0.25) is 0 Å². The molecular weight excluding hydrogens is 308 g/mol. The van der Waals surface area contributed by atoms with Gasteiger partial charge in [-0.05, 0) is 43.2 Å². The number of benzene rings is 1. The quantitative estimate of drug-likeness (QED) is 0.676. The van der Waals surface area contributed by atoms with E-state index >= 15 is 0 Å². The van der Waals surface area contributed by atoms with Gasteiger partial charge in [-0.3, -0.25) is 4.79 Å². The fourth-order valence-electron chi connectivity index (χ4n) is 2.96. The molecular formula is C18H16N2O2S. The Balaban J connectivity index is 1.57. The third kappa shape index (κ3) is 2.80. The van der Waals surface area contributed by atoms with Crippen molar-refractivity contribution in [3.8, 4) is 0 Å². The molecule has 0 spiro atoms.